The molecule has 1 fully saturated rings. The Balaban J connectivity index is 1.48. The first-order valence-electron chi connectivity index (χ1n) is 7.68. The second-order valence-corrected chi connectivity index (χ2v) is 7.03. The first-order chi connectivity index (χ1) is 11.1. The number of carbonyl (C=O) groups excluding carboxylic acids is 1. The minimum absolute atomic E-state index is 0.0475. The van der Waals surface area contributed by atoms with Gasteiger partial charge < -0.3 is 5.32 Å². The lowest BCUT2D eigenvalue weighted by Crippen LogP contribution is -2.44. The average molecular weight is 351 g/mol. The number of rotatable bonds is 4. The van der Waals surface area contributed by atoms with E-state index < -0.39 is 0 Å². The van der Waals surface area contributed by atoms with Crippen molar-refractivity contribution < 1.29 is 4.79 Å². The SMILES string of the molecule is Cc1nnsc1C(=O)NC1CCN(Cc2ccc(Cl)cc2)CC1. The third-order valence-corrected chi connectivity index (χ3v) is 5.18. The molecule has 1 aliphatic rings. The van der Waals surface area contributed by atoms with E-state index in [2.05, 4.69) is 31.9 Å². The molecule has 1 N–H and O–H groups in total. The van der Waals surface area contributed by atoms with Gasteiger partial charge in [-0.2, -0.15) is 0 Å². The summed E-state index contributed by atoms with van der Waals surface area (Å²) in [6.45, 7) is 4.70. The summed E-state index contributed by atoms with van der Waals surface area (Å²) in [6, 6.07) is 8.21. The zero-order valence-electron chi connectivity index (χ0n) is 13.0. The van der Waals surface area contributed by atoms with Gasteiger partial charge in [0.05, 0.1) is 5.69 Å². The predicted molar refractivity (Wildman–Crippen MR) is 91.9 cm³/mol. The van der Waals surface area contributed by atoms with Crippen LogP contribution in [0.4, 0.5) is 0 Å². The molecule has 0 unspecified atom stereocenters. The van der Waals surface area contributed by atoms with E-state index in [1.807, 2.05) is 19.1 Å². The van der Waals surface area contributed by atoms with Crippen LogP contribution in [-0.4, -0.2) is 39.5 Å². The minimum Gasteiger partial charge on any atom is -0.348 e. The molecule has 1 aromatic carbocycles. The number of likely N-dealkylation sites (tertiary alicyclic amines) is 1. The van der Waals surface area contributed by atoms with E-state index in [0.29, 0.717) is 10.6 Å². The fourth-order valence-electron chi connectivity index (χ4n) is 2.77. The molecule has 1 saturated heterocycles. The van der Waals surface area contributed by atoms with Crippen LogP contribution in [0.1, 0.15) is 33.8 Å². The van der Waals surface area contributed by atoms with Gasteiger partial charge in [-0.1, -0.05) is 28.2 Å². The number of amides is 1. The van der Waals surface area contributed by atoms with Gasteiger partial charge in [0.15, 0.2) is 0 Å². The molecule has 1 aliphatic heterocycles. The van der Waals surface area contributed by atoms with Crippen LogP contribution < -0.4 is 5.32 Å². The summed E-state index contributed by atoms with van der Waals surface area (Å²) < 4.78 is 3.81. The molecule has 0 radical (unpaired) electrons. The normalized spacial score (nSPS) is 16.4. The maximum absolute atomic E-state index is 12.2. The van der Waals surface area contributed by atoms with Crippen molar-refractivity contribution in [3.63, 3.8) is 0 Å². The van der Waals surface area contributed by atoms with E-state index in [-0.39, 0.29) is 11.9 Å². The van der Waals surface area contributed by atoms with Crippen LogP contribution in [0, 0.1) is 6.92 Å². The fraction of sp³-hybridized carbons (Fsp3) is 0.438. The van der Waals surface area contributed by atoms with Crippen molar-refractivity contribution in [2.45, 2.75) is 32.4 Å². The van der Waals surface area contributed by atoms with Crippen molar-refractivity contribution >= 4 is 29.0 Å². The van der Waals surface area contributed by atoms with Gasteiger partial charge in [-0.3, -0.25) is 9.69 Å². The molecule has 7 heteroatoms. The zero-order valence-corrected chi connectivity index (χ0v) is 14.5. The van der Waals surface area contributed by atoms with Gasteiger partial charge in [-0.05, 0) is 49.0 Å². The highest BCUT2D eigenvalue weighted by molar-refractivity contribution is 7.08. The van der Waals surface area contributed by atoms with Crippen LogP contribution in [0.5, 0.6) is 0 Å². The number of halogens is 1. The number of benzene rings is 1. The van der Waals surface area contributed by atoms with E-state index >= 15 is 0 Å². The quantitative estimate of drug-likeness (QED) is 0.921. The van der Waals surface area contributed by atoms with Crippen molar-refractivity contribution in [3.05, 3.63) is 45.4 Å². The number of carbonyl (C=O) groups is 1. The summed E-state index contributed by atoms with van der Waals surface area (Å²) >= 11 is 7.07. The third-order valence-electron chi connectivity index (χ3n) is 4.10. The van der Waals surface area contributed by atoms with Crippen molar-refractivity contribution in [1.29, 1.82) is 0 Å². The van der Waals surface area contributed by atoms with Crippen molar-refractivity contribution in [2.75, 3.05) is 13.1 Å². The third kappa shape index (κ3) is 4.28. The van der Waals surface area contributed by atoms with Crippen LogP contribution in [0.25, 0.3) is 0 Å². The molecule has 0 atom stereocenters. The first kappa shape index (κ1) is 16.4. The average Bonchev–Trinajstić information content (AvgIpc) is 2.98. The van der Waals surface area contributed by atoms with Crippen LogP contribution in [0.2, 0.25) is 5.02 Å². The summed E-state index contributed by atoms with van der Waals surface area (Å²) in [7, 11) is 0. The molecule has 2 heterocycles. The molecule has 23 heavy (non-hydrogen) atoms. The Morgan fingerprint density at radius 3 is 2.65 bits per heavy atom. The number of nitrogens with one attached hydrogen (secondary N) is 1. The van der Waals surface area contributed by atoms with Gasteiger partial charge in [0, 0.05) is 30.7 Å². The van der Waals surface area contributed by atoms with Crippen LogP contribution in [0.3, 0.4) is 0 Å². The summed E-state index contributed by atoms with van der Waals surface area (Å²) in [5, 5.41) is 7.75. The molecule has 3 rings (SSSR count). The number of hydrogen-bond acceptors (Lipinski definition) is 5. The Labute approximate surface area is 144 Å². The summed E-state index contributed by atoms with van der Waals surface area (Å²) in [5.74, 6) is -0.0475. The highest BCUT2D eigenvalue weighted by Gasteiger charge is 2.22. The van der Waals surface area contributed by atoms with Gasteiger partial charge >= 0.3 is 0 Å². The lowest BCUT2D eigenvalue weighted by atomic mass is 10.0. The van der Waals surface area contributed by atoms with Gasteiger partial charge in [0.1, 0.15) is 4.88 Å². The van der Waals surface area contributed by atoms with E-state index in [1.165, 1.54) is 5.56 Å². The van der Waals surface area contributed by atoms with Crippen molar-refractivity contribution in [3.8, 4) is 0 Å². The highest BCUT2D eigenvalue weighted by atomic mass is 35.5. The molecule has 0 spiro atoms. The second-order valence-electron chi connectivity index (χ2n) is 5.84. The Morgan fingerprint density at radius 2 is 2.04 bits per heavy atom. The van der Waals surface area contributed by atoms with E-state index in [9.17, 15) is 4.79 Å². The van der Waals surface area contributed by atoms with Crippen molar-refractivity contribution in [2.24, 2.45) is 0 Å². The Hall–Kier alpha value is -1.50. The maximum atomic E-state index is 12.2. The van der Waals surface area contributed by atoms with Crippen LogP contribution in [-0.2, 0) is 6.54 Å². The molecular formula is C16H19ClN4OS. The summed E-state index contributed by atoms with van der Waals surface area (Å²) in [6.07, 6.45) is 1.93. The summed E-state index contributed by atoms with van der Waals surface area (Å²) in [4.78, 5) is 15.2. The topological polar surface area (TPSA) is 58.1 Å². The molecule has 0 saturated carbocycles. The molecule has 0 aliphatic carbocycles. The molecule has 122 valence electrons. The maximum Gasteiger partial charge on any atom is 0.265 e. The summed E-state index contributed by atoms with van der Waals surface area (Å²) in [5.41, 5.74) is 1.97. The molecule has 1 amide bonds. The van der Waals surface area contributed by atoms with Crippen LogP contribution in [0.15, 0.2) is 24.3 Å². The molecule has 5 nitrogen and oxygen atoms in total. The lowest BCUT2D eigenvalue weighted by Gasteiger charge is -2.32. The number of aryl methyl sites for hydroxylation is 1. The van der Waals surface area contributed by atoms with Crippen molar-refractivity contribution in [1.82, 2.24) is 19.8 Å². The number of hydrogen-bond donors (Lipinski definition) is 1. The van der Waals surface area contributed by atoms with Crippen LogP contribution >= 0.6 is 23.1 Å². The van der Waals surface area contributed by atoms with Gasteiger partial charge in [0.25, 0.3) is 5.91 Å². The largest absolute Gasteiger partial charge is 0.348 e. The van der Waals surface area contributed by atoms with Gasteiger partial charge in [-0.25, -0.2) is 0 Å². The monoisotopic (exact) mass is 350 g/mol. The highest BCUT2D eigenvalue weighted by Crippen LogP contribution is 2.17. The number of piperidine rings is 1. The Morgan fingerprint density at radius 1 is 1.35 bits per heavy atom. The lowest BCUT2D eigenvalue weighted by molar-refractivity contribution is 0.0912. The predicted octanol–water partition coefficient (Wildman–Crippen LogP) is 2.89. The Bertz CT molecular complexity index is 665. The molecule has 0 bridgehead atoms. The first-order valence-corrected chi connectivity index (χ1v) is 8.83. The van der Waals surface area contributed by atoms with E-state index in [4.69, 9.17) is 11.6 Å². The van der Waals surface area contributed by atoms with E-state index in [0.717, 1.165) is 49.0 Å². The fourth-order valence-corrected chi connectivity index (χ4v) is 3.46. The number of nitrogens with zero attached hydrogens (tertiary/aromatic N) is 3. The second kappa shape index (κ2) is 7.38. The minimum atomic E-state index is -0.0475. The zero-order chi connectivity index (χ0) is 16.2. The molecule has 1 aromatic heterocycles. The standard InChI is InChI=1S/C16H19ClN4OS/c1-11-15(23-20-19-11)16(22)18-14-6-8-21(9-7-14)10-12-2-4-13(17)5-3-12/h2-5,14H,6-10H2,1H3,(H,18,22). The smallest absolute Gasteiger partial charge is 0.265 e. The van der Waals surface area contributed by atoms with E-state index in [1.54, 1.807) is 0 Å². The molecule has 2 aromatic rings. The molecular weight excluding hydrogens is 332 g/mol. The van der Waals surface area contributed by atoms with Gasteiger partial charge in [0.2, 0.25) is 0 Å². The Kier molecular flexibility index (Phi) is 5.25. The van der Waals surface area contributed by atoms with Gasteiger partial charge in [-0.15, -0.1) is 5.10 Å². The number of aromatic nitrogens is 2.